The molecule has 3 rings (SSSR count). The summed E-state index contributed by atoms with van der Waals surface area (Å²) in [5, 5.41) is 11.1. The average Bonchev–Trinajstić information content (AvgIpc) is 2.45. The molecule has 1 aromatic carbocycles. The van der Waals surface area contributed by atoms with Crippen molar-refractivity contribution in [2.75, 3.05) is 14.1 Å². The molecule has 2 heteroatoms. The lowest BCUT2D eigenvalue weighted by Gasteiger charge is -2.46. The smallest absolute Gasteiger partial charge is 0.0973 e. The number of hydrogen-bond donors (Lipinski definition) is 1. The first-order valence-electron chi connectivity index (χ1n) is 8.59. The highest BCUT2D eigenvalue weighted by atomic mass is 16.3. The Bertz CT molecular complexity index is 472. The zero-order valence-corrected chi connectivity index (χ0v) is 13.5. The van der Waals surface area contributed by atoms with E-state index in [1.165, 1.54) is 44.1 Å². The van der Waals surface area contributed by atoms with Crippen LogP contribution in [0.15, 0.2) is 24.3 Å². The molecule has 2 aliphatic carbocycles. The van der Waals surface area contributed by atoms with Crippen LogP contribution in [0, 0.1) is 0 Å². The summed E-state index contributed by atoms with van der Waals surface area (Å²) in [7, 11) is 4.26. The summed E-state index contributed by atoms with van der Waals surface area (Å²) in [6.45, 7) is 0. The third-order valence-electron chi connectivity index (χ3n) is 5.92. The zero-order valence-electron chi connectivity index (χ0n) is 13.5. The number of benzene rings is 1. The molecule has 0 spiro atoms. The first kappa shape index (κ1) is 15.1. The van der Waals surface area contributed by atoms with Crippen LogP contribution < -0.4 is 0 Å². The van der Waals surface area contributed by atoms with Gasteiger partial charge in [-0.2, -0.15) is 0 Å². The maximum Gasteiger partial charge on any atom is 0.0973 e. The first-order chi connectivity index (χ1) is 10.1. The summed E-state index contributed by atoms with van der Waals surface area (Å²) >= 11 is 0. The van der Waals surface area contributed by atoms with E-state index in [9.17, 15) is 5.11 Å². The summed E-state index contributed by atoms with van der Waals surface area (Å²) in [4.78, 5) is 2.27. The van der Waals surface area contributed by atoms with Crippen molar-refractivity contribution in [3.8, 4) is 0 Å². The second-order valence-electron chi connectivity index (χ2n) is 7.26. The van der Waals surface area contributed by atoms with Crippen molar-refractivity contribution in [2.45, 2.75) is 68.9 Å². The van der Waals surface area contributed by atoms with Crippen LogP contribution in [0.25, 0.3) is 0 Å². The van der Waals surface area contributed by atoms with Crippen molar-refractivity contribution >= 4 is 0 Å². The quantitative estimate of drug-likeness (QED) is 0.894. The Hall–Kier alpha value is -0.860. The molecule has 0 aromatic heterocycles. The van der Waals surface area contributed by atoms with Crippen molar-refractivity contribution in [1.29, 1.82) is 0 Å². The van der Waals surface area contributed by atoms with Gasteiger partial charge < -0.3 is 10.0 Å². The monoisotopic (exact) mass is 287 g/mol. The van der Waals surface area contributed by atoms with Gasteiger partial charge in [-0.1, -0.05) is 49.9 Å². The van der Waals surface area contributed by atoms with E-state index in [0.29, 0.717) is 0 Å². The van der Waals surface area contributed by atoms with Crippen molar-refractivity contribution in [3.63, 3.8) is 0 Å². The fourth-order valence-electron chi connectivity index (χ4n) is 4.16. The molecule has 1 N–H and O–H groups in total. The highest BCUT2D eigenvalue weighted by Gasteiger charge is 2.41. The van der Waals surface area contributed by atoms with Crippen LogP contribution >= 0.6 is 0 Å². The Morgan fingerprint density at radius 3 is 2.38 bits per heavy atom. The van der Waals surface area contributed by atoms with Gasteiger partial charge in [0, 0.05) is 0 Å². The van der Waals surface area contributed by atoms with Crippen LogP contribution in [-0.2, 0) is 0 Å². The van der Waals surface area contributed by atoms with Gasteiger partial charge in [-0.05, 0) is 56.8 Å². The number of aliphatic hydroxyl groups excluding tert-OH is 1. The Balaban J connectivity index is 1.86. The largest absolute Gasteiger partial charge is 0.386 e. The lowest BCUT2D eigenvalue weighted by atomic mass is 9.73. The molecule has 0 saturated heterocycles. The number of likely N-dealkylation sites (N-methyl/N-ethyl adjacent to an activating group) is 1. The van der Waals surface area contributed by atoms with Crippen molar-refractivity contribution < 1.29 is 5.11 Å². The van der Waals surface area contributed by atoms with E-state index in [1.807, 2.05) is 0 Å². The van der Waals surface area contributed by atoms with Gasteiger partial charge >= 0.3 is 0 Å². The molecular weight excluding hydrogens is 258 g/mol. The van der Waals surface area contributed by atoms with Crippen LogP contribution in [0.5, 0.6) is 0 Å². The number of rotatable bonds is 4. The minimum Gasteiger partial charge on any atom is -0.386 e. The third kappa shape index (κ3) is 2.76. The molecule has 1 unspecified atom stereocenters. The molecule has 2 aliphatic rings. The van der Waals surface area contributed by atoms with Gasteiger partial charge in [-0.3, -0.25) is 0 Å². The van der Waals surface area contributed by atoms with E-state index < -0.39 is 0 Å². The van der Waals surface area contributed by atoms with E-state index in [-0.39, 0.29) is 11.6 Å². The summed E-state index contributed by atoms with van der Waals surface area (Å²) in [5.41, 5.74) is 2.48. The number of nitrogens with zero attached hydrogens (tertiary/aromatic N) is 1. The first-order valence-corrected chi connectivity index (χ1v) is 8.59. The van der Waals surface area contributed by atoms with Gasteiger partial charge in [0.05, 0.1) is 11.6 Å². The molecule has 0 aliphatic heterocycles. The zero-order chi connectivity index (χ0) is 14.9. The topological polar surface area (TPSA) is 23.5 Å². The Kier molecular flexibility index (Phi) is 4.37. The van der Waals surface area contributed by atoms with E-state index in [4.69, 9.17) is 0 Å². The van der Waals surface area contributed by atoms with E-state index >= 15 is 0 Å². The van der Waals surface area contributed by atoms with Crippen molar-refractivity contribution in [3.05, 3.63) is 35.4 Å². The third-order valence-corrected chi connectivity index (χ3v) is 5.92. The molecule has 116 valence electrons. The predicted octanol–water partition coefficient (Wildman–Crippen LogP) is 4.25. The fraction of sp³-hybridized carbons (Fsp3) is 0.684. The van der Waals surface area contributed by atoms with Gasteiger partial charge in [0.15, 0.2) is 0 Å². The normalized spacial score (nSPS) is 23.8. The molecule has 0 bridgehead atoms. The minimum absolute atomic E-state index is 0.0729. The van der Waals surface area contributed by atoms with Crippen LogP contribution in [0.2, 0.25) is 0 Å². The lowest BCUT2D eigenvalue weighted by Crippen LogP contribution is -2.50. The van der Waals surface area contributed by atoms with E-state index in [0.717, 1.165) is 24.3 Å². The Labute approximate surface area is 129 Å². The molecule has 2 nitrogen and oxygen atoms in total. The molecule has 1 atom stereocenters. The molecule has 0 heterocycles. The van der Waals surface area contributed by atoms with Gasteiger partial charge in [0.2, 0.25) is 0 Å². The molecule has 2 saturated carbocycles. The minimum atomic E-state index is -0.368. The highest BCUT2D eigenvalue weighted by molar-refractivity contribution is 5.31. The average molecular weight is 287 g/mol. The molecule has 1 aromatic rings. The van der Waals surface area contributed by atoms with Crippen LogP contribution in [-0.4, -0.2) is 29.6 Å². The lowest BCUT2D eigenvalue weighted by molar-refractivity contribution is -0.0336. The van der Waals surface area contributed by atoms with Crippen LogP contribution in [0.1, 0.15) is 74.5 Å². The van der Waals surface area contributed by atoms with Crippen molar-refractivity contribution in [2.24, 2.45) is 0 Å². The maximum absolute atomic E-state index is 11.1. The Morgan fingerprint density at radius 2 is 1.81 bits per heavy atom. The van der Waals surface area contributed by atoms with Gasteiger partial charge in [-0.15, -0.1) is 0 Å². The van der Waals surface area contributed by atoms with Crippen LogP contribution in [0.4, 0.5) is 0 Å². The molecule has 0 amide bonds. The Morgan fingerprint density at radius 1 is 1.10 bits per heavy atom. The molecule has 2 fully saturated rings. The second-order valence-corrected chi connectivity index (χ2v) is 7.26. The van der Waals surface area contributed by atoms with Crippen molar-refractivity contribution in [1.82, 2.24) is 4.90 Å². The number of aliphatic hydroxyl groups is 1. The SMILES string of the molecule is CN(C)C1(C(O)c2cccc(C3CCC3)c2)CCCCC1. The van der Waals surface area contributed by atoms with Gasteiger partial charge in [-0.25, -0.2) is 0 Å². The second kappa shape index (κ2) is 6.10. The molecular formula is C19H29NO. The van der Waals surface area contributed by atoms with Gasteiger partial charge in [0.25, 0.3) is 0 Å². The number of hydrogen-bond acceptors (Lipinski definition) is 2. The van der Waals surface area contributed by atoms with E-state index in [1.54, 1.807) is 0 Å². The standard InChI is InChI=1S/C19H29NO/c1-20(2)19(12-4-3-5-13-19)18(21)17-11-7-10-16(14-17)15-8-6-9-15/h7,10-11,14-15,18,21H,3-6,8-9,12-13H2,1-2H3. The summed E-state index contributed by atoms with van der Waals surface area (Å²) in [6.07, 6.45) is 9.62. The summed E-state index contributed by atoms with van der Waals surface area (Å²) in [5.74, 6) is 0.735. The molecule has 21 heavy (non-hydrogen) atoms. The van der Waals surface area contributed by atoms with Crippen LogP contribution in [0.3, 0.4) is 0 Å². The maximum atomic E-state index is 11.1. The van der Waals surface area contributed by atoms with Gasteiger partial charge in [0.1, 0.15) is 0 Å². The fourth-order valence-corrected chi connectivity index (χ4v) is 4.16. The summed E-state index contributed by atoms with van der Waals surface area (Å²) in [6, 6.07) is 8.77. The predicted molar refractivity (Wildman–Crippen MR) is 87.5 cm³/mol. The van der Waals surface area contributed by atoms with E-state index in [2.05, 4.69) is 43.3 Å². The summed E-state index contributed by atoms with van der Waals surface area (Å²) < 4.78 is 0. The highest BCUT2D eigenvalue weighted by Crippen LogP contribution is 2.43. The molecule has 0 radical (unpaired) electrons.